The number of aryl methyl sites for hydroxylation is 2. The molecular formula is C14H22N2O3S. The van der Waals surface area contributed by atoms with Crippen LogP contribution >= 0.6 is 11.3 Å². The predicted octanol–water partition coefficient (Wildman–Crippen LogP) is 2.46. The van der Waals surface area contributed by atoms with Crippen molar-refractivity contribution in [3.63, 3.8) is 0 Å². The summed E-state index contributed by atoms with van der Waals surface area (Å²) >= 11 is 1.59. The van der Waals surface area contributed by atoms with Gasteiger partial charge in [0.25, 0.3) is 0 Å². The SMILES string of the molecule is Cc1nc(C)c(C2CN(C(=O)OC(C)(C)C)CC2O)s1. The van der Waals surface area contributed by atoms with E-state index >= 15 is 0 Å². The number of likely N-dealkylation sites (tertiary alicyclic amines) is 1. The third-order valence-electron chi connectivity index (χ3n) is 3.22. The van der Waals surface area contributed by atoms with Crippen LogP contribution in [-0.4, -0.2) is 45.9 Å². The van der Waals surface area contributed by atoms with Crippen LogP contribution in [0.1, 0.15) is 42.3 Å². The highest BCUT2D eigenvalue weighted by Crippen LogP contribution is 2.34. The van der Waals surface area contributed by atoms with Gasteiger partial charge in [-0.1, -0.05) is 0 Å². The first-order valence-corrected chi connectivity index (χ1v) is 7.59. The largest absolute Gasteiger partial charge is 0.444 e. The zero-order valence-electron chi connectivity index (χ0n) is 12.6. The summed E-state index contributed by atoms with van der Waals surface area (Å²) in [4.78, 5) is 19.1. The molecule has 1 fully saturated rings. The summed E-state index contributed by atoms with van der Waals surface area (Å²) in [6.45, 7) is 10.2. The Kier molecular flexibility index (Phi) is 4.07. The summed E-state index contributed by atoms with van der Waals surface area (Å²) in [5, 5.41) is 11.2. The Morgan fingerprint density at radius 3 is 2.55 bits per heavy atom. The van der Waals surface area contributed by atoms with E-state index in [1.165, 1.54) is 0 Å². The van der Waals surface area contributed by atoms with Crippen molar-refractivity contribution in [1.29, 1.82) is 0 Å². The number of carbonyl (C=O) groups is 1. The Balaban J connectivity index is 2.09. The molecule has 6 heteroatoms. The van der Waals surface area contributed by atoms with E-state index in [0.717, 1.165) is 15.6 Å². The van der Waals surface area contributed by atoms with E-state index in [-0.39, 0.29) is 12.0 Å². The van der Waals surface area contributed by atoms with Gasteiger partial charge in [0.2, 0.25) is 0 Å². The number of carbonyl (C=O) groups excluding carboxylic acids is 1. The minimum Gasteiger partial charge on any atom is -0.444 e. The molecule has 1 aliphatic heterocycles. The highest BCUT2D eigenvalue weighted by Gasteiger charge is 2.38. The van der Waals surface area contributed by atoms with Crippen molar-refractivity contribution in [1.82, 2.24) is 9.88 Å². The third-order valence-corrected chi connectivity index (χ3v) is 4.42. The maximum absolute atomic E-state index is 12.1. The van der Waals surface area contributed by atoms with Crippen LogP contribution in [0.5, 0.6) is 0 Å². The smallest absolute Gasteiger partial charge is 0.410 e. The van der Waals surface area contributed by atoms with E-state index in [0.29, 0.717) is 13.1 Å². The molecular weight excluding hydrogens is 276 g/mol. The third kappa shape index (κ3) is 3.30. The van der Waals surface area contributed by atoms with Crippen molar-refractivity contribution in [2.75, 3.05) is 13.1 Å². The van der Waals surface area contributed by atoms with Crippen molar-refractivity contribution < 1.29 is 14.6 Å². The molecule has 1 aliphatic rings. The van der Waals surface area contributed by atoms with E-state index in [2.05, 4.69) is 4.98 Å². The molecule has 1 aromatic heterocycles. The lowest BCUT2D eigenvalue weighted by molar-refractivity contribution is 0.0270. The fourth-order valence-corrected chi connectivity index (χ4v) is 3.49. The average Bonchev–Trinajstić information content (AvgIpc) is 2.79. The monoisotopic (exact) mass is 298 g/mol. The normalized spacial score (nSPS) is 23.2. The van der Waals surface area contributed by atoms with Gasteiger partial charge in [0.15, 0.2) is 0 Å². The van der Waals surface area contributed by atoms with Gasteiger partial charge >= 0.3 is 6.09 Å². The van der Waals surface area contributed by atoms with Crippen LogP contribution in [0.2, 0.25) is 0 Å². The van der Waals surface area contributed by atoms with Crippen LogP contribution < -0.4 is 0 Å². The summed E-state index contributed by atoms with van der Waals surface area (Å²) in [6, 6.07) is 0. The zero-order valence-corrected chi connectivity index (χ0v) is 13.5. The van der Waals surface area contributed by atoms with Crippen molar-refractivity contribution in [3.05, 3.63) is 15.6 Å². The topological polar surface area (TPSA) is 62.7 Å². The average molecular weight is 298 g/mol. The number of β-amino-alcohol motifs (C(OH)–C–C–N with tert-alkyl or cyclic N) is 1. The van der Waals surface area contributed by atoms with Crippen LogP contribution in [-0.2, 0) is 4.74 Å². The molecule has 1 aromatic rings. The van der Waals surface area contributed by atoms with E-state index in [1.807, 2.05) is 34.6 Å². The Morgan fingerprint density at radius 2 is 2.05 bits per heavy atom. The summed E-state index contributed by atoms with van der Waals surface area (Å²) in [6.07, 6.45) is -0.918. The Labute approximate surface area is 123 Å². The van der Waals surface area contributed by atoms with Crippen LogP contribution in [0.4, 0.5) is 4.79 Å². The second kappa shape index (κ2) is 5.33. The first-order chi connectivity index (χ1) is 9.17. The lowest BCUT2D eigenvalue weighted by Crippen LogP contribution is -2.35. The first kappa shape index (κ1) is 15.3. The molecule has 0 bridgehead atoms. The number of nitrogens with zero attached hydrogens (tertiary/aromatic N) is 2. The Bertz CT molecular complexity index is 507. The Morgan fingerprint density at radius 1 is 1.40 bits per heavy atom. The van der Waals surface area contributed by atoms with Crippen LogP contribution in [0.25, 0.3) is 0 Å². The maximum Gasteiger partial charge on any atom is 0.410 e. The van der Waals surface area contributed by atoms with Crippen LogP contribution in [0, 0.1) is 13.8 Å². The van der Waals surface area contributed by atoms with Gasteiger partial charge in [-0.25, -0.2) is 9.78 Å². The van der Waals surface area contributed by atoms with Crippen molar-refractivity contribution >= 4 is 17.4 Å². The summed E-state index contributed by atoms with van der Waals surface area (Å²) < 4.78 is 5.35. The zero-order chi connectivity index (χ0) is 15.1. The van der Waals surface area contributed by atoms with Gasteiger partial charge in [-0.05, 0) is 34.6 Å². The molecule has 0 aliphatic carbocycles. The van der Waals surface area contributed by atoms with E-state index in [4.69, 9.17) is 4.74 Å². The van der Waals surface area contributed by atoms with Crippen LogP contribution in [0.3, 0.4) is 0 Å². The number of rotatable bonds is 1. The molecule has 2 heterocycles. The first-order valence-electron chi connectivity index (χ1n) is 6.77. The van der Waals surface area contributed by atoms with E-state index in [9.17, 15) is 9.90 Å². The highest BCUT2D eigenvalue weighted by molar-refractivity contribution is 7.11. The molecule has 1 amide bonds. The fraction of sp³-hybridized carbons (Fsp3) is 0.714. The molecule has 20 heavy (non-hydrogen) atoms. The molecule has 2 unspecified atom stereocenters. The van der Waals surface area contributed by atoms with Crippen LogP contribution in [0.15, 0.2) is 0 Å². The van der Waals surface area contributed by atoms with Crippen molar-refractivity contribution in [3.8, 4) is 0 Å². The minimum absolute atomic E-state index is 0.0614. The second-order valence-electron chi connectivity index (χ2n) is 6.24. The van der Waals surface area contributed by atoms with Gasteiger partial charge in [-0.15, -0.1) is 11.3 Å². The second-order valence-corrected chi connectivity index (χ2v) is 7.48. The number of aliphatic hydroxyl groups excluding tert-OH is 1. The highest BCUT2D eigenvalue weighted by atomic mass is 32.1. The fourth-order valence-electron chi connectivity index (χ4n) is 2.41. The molecule has 1 N–H and O–H groups in total. The molecule has 0 aromatic carbocycles. The van der Waals surface area contributed by atoms with Crippen molar-refractivity contribution in [2.45, 2.75) is 52.2 Å². The van der Waals surface area contributed by atoms with Gasteiger partial charge in [0, 0.05) is 17.3 Å². The molecule has 5 nitrogen and oxygen atoms in total. The molecule has 2 atom stereocenters. The summed E-state index contributed by atoms with van der Waals surface area (Å²) in [7, 11) is 0. The predicted molar refractivity (Wildman–Crippen MR) is 78.1 cm³/mol. The number of aromatic nitrogens is 1. The molecule has 0 saturated carbocycles. The summed E-state index contributed by atoms with van der Waals surface area (Å²) in [5.74, 6) is -0.0614. The van der Waals surface area contributed by atoms with Crippen molar-refractivity contribution in [2.24, 2.45) is 0 Å². The minimum atomic E-state index is -0.555. The number of aliphatic hydroxyl groups is 1. The number of thiazole rings is 1. The Hall–Kier alpha value is -1.14. The lowest BCUT2D eigenvalue weighted by Gasteiger charge is -2.24. The lowest BCUT2D eigenvalue weighted by atomic mass is 10.0. The maximum atomic E-state index is 12.1. The standard InChI is InChI=1S/C14H22N2O3S/c1-8-12(20-9(2)15-8)10-6-16(7-11(10)17)13(18)19-14(3,4)5/h10-11,17H,6-7H2,1-5H3. The number of ether oxygens (including phenoxy) is 1. The molecule has 1 saturated heterocycles. The van der Waals surface area contributed by atoms with Gasteiger partial charge in [-0.2, -0.15) is 0 Å². The van der Waals surface area contributed by atoms with Gasteiger partial charge in [0.05, 0.1) is 23.4 Å². The van der Waals surface area contributed by atoms with Gasteiger partial charge in [0.1, 0.15) is 5.60 Å². The van der Waals surface area contributed by atoms with Gasteiger partial charge in [-0.3, -0.25) is 0 Å². The number of amides is 1. The number of hydrogen-bond donors (Lipinski definition) is 1. The van der Waals surface area contributed by atoms with E-state index < -0.39 is 11.7 Å². The summed E-state index contributed by atoms with van der Waals surface area (Å²) in [5.41, 5.74) is 0.430. The number of hydrogen-bond acceptors (Lipinski definition) is 5. The molecule has 112 valence electrons. The molecule has 0 radical (unpaired) electrons. The van der Waals surface area contributed by atoms with Gasteiger partial charge < -0.3 is 14.7 Å². The molecule has 2 rings (SSSR count). The molecule has 0 spiro atoms. The van der Waals surface area contributed by atoms with E-state index in [1.54, 1.807) is 16.2 Å². The quantitative estimate of drug-likeness (QED) is 0.865.